The van der Waals surface area contributed by atoms with E-state index in [0.717, 1.165) is 70.9 Å². The predicted molar refractivity (Wildman–Crippen MR) is 201 cm³/mol. The largest absolute Gasteiger partial charge is 0.478 e. The highest BCUT2D eigenvalue weighted by molar-refractivity contribution is 9.12. The van der Waals surface area contributed by atoms with Crippen molar-refractivity contribution in [3.8, 4) is 0 Å². The lowest BCUT2D eigenvalue weighted by Crippen LogP contribution is -2.59. The highest BCUT2D eigenvalue weighted by Crippen LogP contribution is 2.43. The molecule has 0 atom stereocenters. The van der Waals surface area contributed by atoms with Gasteiger partial charge in [-0.25, -0.2) is 4.79 Å². The molecule has 4 rings (SSSR count). The second kappa shape index (κ2) is 15.6. The number of amides is 1. The SMILES string of the molecule is C=Cc1c(C2CCCC2)c(C(=C)N=C/C(Br)=C\C)n(C)c1/C=C(\C)C(=O)NC1(CN(C)c2cc(/C=C/C(=O)O)ccc2N=C)CCC1. The number of carboxylic acids is 1. The molecule has 9 heteroatoms. The lowest BCUT2D eigenvalue weighted by atomic mass is 9.76. The van der Waals surface area contributed by atoms with Gasteiger partial charge >= 0.3 is 5.97 Å². The van der Waals surface area contributed by atoms with E-state index < -0.39 is 11.5 Å². The number of allylic oxidation sites excluding steroid dienone is 2. The maximum Gasteiger partial charge on any atom is 0.328 e. The minimum Gasteiger partial charge on any atom is -0.478 e. The average molecular weight is 701 g/mol. The van der Waals surface area contributed by atoms with Gasteiger partial charge in [-0.05, 0) is 110 Å². The summed E-state index contributed by atoms with van der Waals surface area (Å²) in [4.78, 5) is 35.8. The van der Waals surface area contributed by atoms with E-state index >= 15 is 0 Å². The Bertz CT molecular complexity index is 1680. The monoisotopic (exact) mass is 699 g/mol. The second-order valence-corrected chi connectivity index (χ2v) is 13.4. The number of aromatic nitrogens is 1. The van der Waals surface area contributed by atoms with Gasteiger partial charge in [0.2, 0.25) is 5.91 Å². The van der Waals surface area contributed by atoms with Crippen molar-refractivity contribution in [2.45, 2.75) is 70.3 Å². The molecule has 0 bridgehead atoms. The number of nitrogens with zero attached hydrogens (tertiary/aromatic N) is 4. The molecule has 2 aromatic rings. The van der Waals surface area contributed by atoms with Crippen LogP contribution in [0.2, 0.25) is 0 Å². The van der Waals surface area contributed by atoms with E-state index in [1.165, 1.54) is 18.4 Å². The molecule has 248 valence electrons. The van der Waals surface area contributed by atoms with Crippen LogP contribution in [0.1, 0.15) is 92.8 Å². The van der Waals surface area contributed by atoms with Crippen LogP contribution in [0.25, 0.3) is 23.9 Å². The van der Waals surface area contributed by atoms with Crippen molar-refractivity contribution >= 4 is 76.0 Å². The van der Waals surface area contributed by atoms with E-state index in [-0.39, 0.29) is 5.91 Å². The fourth-order valence-corrected chi connectivity index (χ4v) is 6.82. The van der Waals surface area contributed by atoms with Crippen LogP contribution in [0, 0.1) is 0 Å². The number of aliphatic carboxylic acids is 1. The number of carboxylic acid groups (broad SMARTS) is 1. The fraction of sp³-hybridized carbons (Fsp3) is 0.368. The number of nitrogens with one attached hydrogen (secondary N) is 1. The summed E-state index contributed by atoms with van der Waals surface area (Å²) in [5.41, 5.74) is 7.24. The summed E-state index contributed by atoms with van der Waals surface area (Å²) in [5, 5.41) is 12.4. The third-order valence-corrected chi connectivity index (χ3v) is 9.98. The molecule has 2 fully saturated rings. The molecule has 1 aromatic heterocycles. The Labute approximate surface area is 287 Å². The van der Waals surface area contributed by atoms with Gasteiger partial charge in [-0.2, -0.15) is 0 Å². The van der Waals surface area contributed by atoms with Gasteiger partial charge in [0.25, 0.3) is 0 Å². The van der Waals surface area contributed by atoms with Gasteiger partial charge in [-0.1, -0.05) is 44.2 Å². The van der Waals surface area contributed by atoms with Gasteiger partial charge in [0, 0.05) is 54.2 Å². The van der Waals surface area contributed by atoms with Crippen LogP contribution >= 0.6 is 15.9 Å². The van der Waals surface area contributed by atoms with Crippen LogP contribution in [0.15, 0.2) is 63.5 Å². The zero-order valence-corrected chi connectivity index (χ0v) is 29.6. The molecule has 2 aliphatic carbocycles. The first-order valence-corrected chi connectivity index (χ1v) is 16.9. The molecule has 8 nitrogen and oxygen atoms in total. The maximum atomic E-state index is 13.8. The van der Waals surface area contributed by atoms with E-state index in [0.29, 0.717) is 29.4 Å². The Kier molecular flexibility index (Phi) is 11.8. The Morgan fingerprint density at radius 1 is 1.23 bits per heavy atom. The number of benzene rings is 1. The quantitative estimate of drug-likeness (QED) is 0.152. The summed E-state index contributed by atoms with van der Waals surface area (Å²) in [6.07, 6.45) is 17.5. The molecule has 1 heterocycles. The Morgan fingerprint density at radius 3 is 2.51 bits per heavy atom. The summed E-state index contributed by atoms with van der Waals surface area (Å²) in [5.74, 6) is -0.741. The van der Waals surface area contributed by atoms with Crippen LogP contribution in [0.3, 0.4) is 0 Å². The number of halogens is 1. The molecule has 1 amide bonds. The molecule has 0 radical (unpaired) electrons. The second-order valence-electron chi connectivity index (χ2n) is 12.5. The highest BCUT2D eigenvalue weighted by Gasteiger charge is 2.40. The Balaban J connectivity index is 1.63. The molecule has 0 saturated heterocycles. The number of hydrogen-bond donors (Lipinski definition) is 2. The van der Waals surface area contributed by atoms with Crippen molar-refractivity contribution in [2.75, 3.05) is 18.5 Å². The first kappa shape index (κ1) is 35.6. The number of carbonyl (C=O) groups is 2. The first-order valence-electron chi connectivity index (χ1n) is 16.1. The summed E-state index contributed by atoms with van der Waals surface area (Å²) < 4.78 is 2.98. The molecule has 0 aliphatic heterocycles. The summed E-state index contributed by atoms with van der Waals surface area (Å²) >= 11 is 3.51. The maximum absolute atomic E-state index is 13.8. The van der Waals surface area contributed by atoms with E-state index in [1.54, 1.807) is 12.3 Å². The lowest BCUT2D eigenvalue weighted by molar-refractivity contribution is -0.131. The summed E-state index contributed by atoms with van der Waals surface area (Å²) in [6, 6.07) is 5.52. The zero-order chi connectivity index (χ0) is 34.3. The number of aliphatic imine (C=N–C) groups is 2. The van der Waals surface area contributed by atoms with Gasteiger partial charge in [0.15, 0.2) is 0 Å². The smallest absolute Gasteiger partial charge is 0.328 e. The van der Waals surface area contributed by atoms with Crippen LogP contribution in [-0.2, 0) is 16.6 Å². The van der Waals surface area contributed by atoms with Crippen molar-refractivity contribution < 1.29 is 14.7 Å². The number of carbonyl (C=O) groups excluding carboxylic acids is 1. The molecule has 2 saturated carbocycles. The fourth-order valence-electron chi connectivity index (χ4n) is 6.71. The van der Waals surface area contributed by atoms with Crippen molar-refractivity contribution in [3.05, 3.63) is 81.6 Å². The first-order chi connectivity index (χ1) is 22.4. The van der Waals surface area contributed by atoms with Crippen LogP contribution in [-0.4, -0.2) is 53.6 Å². The van der Waals surface area contributed by atoms with E-state index in [1.807, 2.05) is 64.4 Å². The van der Waals surface area contributed by atoms with Gasteiger partial charge in [0.1, 0.15) is 0 Å². The van der Waals surface area contributed by atoms with Gasteiger partial charge in [-0.15, -0.1) is 0 Å². The van der Waals surface area contributed by atoms with Gasteiger partial charge in [-0.3, -0.25) is 14.8 Å². The van der Waals surface area contributed by atoms with E-state index in [2.05, 4.69) is 60.6 Å². The number of anilines is 1. The van der Waals surface area contributed by atoms with Crippen molar-refractivity contribution in [3.63, 3.8) is 0 Å². The third kappa shape index (κ3) is 8.19. The van der Waals surface area contributed by atoms with Gasteiger partial charge < -0.3 is 19.9 Å². The minimum atomic E-state index is -1.01. The molecule has 1 aromatic carbocycles. The average Bonchev–Trinajstić information content (AvgIpc) is 3.67. The lowest BCUT2D eigenvalue weighted by Gasteiger charge is -2.45. The number of hydrogen-bond acceptors (Lipinski definition) is 5. The third-order valence-electron chi connectivity index (χ3n) is 9.32. The topological polar surface area (TPSA) is 99.3 Å². The van der Waals surface area contributed by atoms with E-state index in [4.69, 9.17) is 5.11 Å². The molecule has 2 N–H and O–H groups in total. The molecule has 0 unspecified atom stereocenters. The predicted octanol–water partition coefficient (Wildman–Crippen LogP) is 8.67. The van der Waals surface area contributed by atoms with E-state index in [9.17, 15) is 9.59 Å². The van der Waals surface area contributed by atoms with Gasteiger partial charge in [0.05, 0.1) is 28.3 Å². The Morgan fingerprint density at radius 2 is 1.94 bits per heavy atom. The molecule has 2 aliphatic rings. The normalized spacial score (nSPS) is 16.8. The van der Waals surface area contributed by atoms with Crippen LogP contribution in [0.4, 0.5) is 11.4 Å². The number of likely N-dealkylation sites (N-methyl/N-ethyl adjacent to an activating group) is 1. The minimum absolute atomic E-state index is 0.118. The zero-order valence-electron chi connectivity index (χ0n) is 28.0. The van der Waals surface area contributed by atoms with Crippen molar-refractivity contribution in [1.82, 2.24) is 9.88 Å². The summed E-state index contributed by atoms with van der Waals surface area (Å²) in [7, 11) is 3.97. The molecular weight excluding hydrogens is 654 g/mol. The molecule has 47 heavy (non-hydrogen) atoms. The standard InChI is InChI=1S/C38H46BrN5O3/c1-8-29(39)23-41-26(4)36-35(28-13-10-11-14-28)30(9-2)32(44(36)7)21-25(3)37(47)42-38(19-12-20-38)24-43(6)33-22-27(16-18-34(45)46)15-17-31(33)40-5/h8-9,15-18,21-23,28H,2,4-5,10-14,19-20,24H2,1,3,6-7H3,(H,42,47)(H,45,46)/b18-16+,25-21+,29-8+,41-23?. The van der Waals surface area contributed by atoms with Crippen molar-refractivity contribution in [2.24, 2.45) is 17.0 Å². The molecular formula is C38H46BrN5O3. The summed E-state index contributed by atoms with van der Waals surface area (Å²) in [6.45, 7) is 16.6. The highest BCUT2D eigenvalue weighted by atomic mass is 79.9. The van der Waals surface area contributed by atoms with Crippen LogP contribution in [0.5, 0.6) is 0 Å². The Hall–Kier alpha value is -4.24. The van der Waals surface area contributed by atoms with Crippen LogP contribution < -0.4 is 10.2 Å². The van der Waals surface area contributed by atoms with Crippen molar-refractivity contribution in [1.29, 1.82) is 0 Å². The molecule has 0 spiro atoms. The number of rotatable bonds is 14.